The minimum atomic E-state index is 0.226. The predicted octanol–water partition coefficient (Wildman–Crippen LogP) is 4.10. The summed E-state index contributed by atoms with van der Waals surface area (Å²) in [7, 11) is 0. The zero-order valence-corrected chi connectivity index (χ0v) is 15.7. The minimum absolute atomic E-state index is 0.226. The van der Waals surface area contributed by atoms with Crippen molar-refractivity contribution in [3.05, 3.63) is 70.2 Å². The first-order valence-corrected chi connectivity index (χ1v) is 9.24. The Hall–Kier alpha value is -1.84. The van der Waals surface area contributed by atoms with Gasteiger partial charge >= 0.3 is 0 Å². The molecule has 0 aromatic heterocycles. The van der Waals surface area contributed by atoms with Crippen molar-refractivity contribution in [1.29, 1.82) is 0 Å². The van der Waals surface area contributed by atoms with E-state index in [2.05, 4.69) is 30.9 Å². The Balaban J connectivity index is 1.56. The van der Waals surface area contributed by atoms with Crippen LogP contribution in [0.15, 0.2) is 48.5 Å². The number of benzene rings is 2. The van der Waals surface area contributed by atoms with Gasteiger partial charge in [0.25, 0.3) is 0 Å². The highest BCUT2D eigenvalue weighted by Gasteiger charge is 2.25. The molecule has 1 aliphatic heterocycles. The Kier molecular flexibility index (Phi) is 5.77. The van der Waals surface area contributed by atoms with Gasteiger partial charge in [0.1, 0.15) is 0 Å². The van der Waals surface area contributed by atoms with E-state index in [0.717, 1.165) is 36.8 Å². The van der Waals surface area contributed by atoms with E-state index in [-0.39, 0.29) is 5.91 Å². The first kappa shape index (κ1) is 18.0. The second-order valence-corrected chi connectivity index (χ2v) is 7.19. The molecule has 0 spiro atoms. The lowest BCUT2D eigenvalue weighted by Crippen LogP contribution is -2.49. The maximum absolute atomic E-state index is 12.6. The fourth-order valence-corrected chi connectivity index (χ4v) is 3.62. The molecule has 1 amide bonds. The quantitative estimate of drug-likeness (QED) is 0.823. The molecule has 3 nitrogen and oxygen atoms in total. The third-order valence-electron chi connectivity index (χ3n) is 5.15. The molecule has 1 fully saturated rings. The van der Waals surface area contributed by atoms with Crippen molar-refractivity contribution in [2.75, 3.05) is 26.2 Å². The summed E-state index contributed by atoms with van der Waals surface area (Å²) >= 11 is 6.11. The Labute approximate surface area is 155 Å². The van der Waals surface area contributed by atoms with E-state index in [4.69, 9.17) is 11.6 Å². The Bertz CT molecular complexity index is 738. The molecule has 2 aromatic rings. The van der Waals surface area contributed by atoms with Gasteiger partial charge in [-0.1, -0.05) is 48.0 Å². The van der Waals surface area contributed by atoms with Crippen molar-refractivity contribution in [1.82, 2.24) is 9.80 Å². The molecule has 1 saturated heterocycles. The maximum atomic E-state index is 12.6. The zero-order chi connectivity index (χ0) is 17.8. The molecule has 132 valence electrons. The van der Waals surface area contributed by atoms with Crippen molar-refractivity contribution in [2.24, 2.45) is 0 Å². The van der Waals surface area contributed by atoms with E-state index in [1.165, 1.54) is 11.1 Å². The summed E-state index contributed by atoms with van der Waals surface area (Å²) in [5.74, 6) is 0.226. The van der Waals surface area contributed by atoms with Crippen LogP contribution >= 0.6 is 11.6 Å². The molecule has 0 radical (unpaired) electrons. The lowest BCUT2D eigenvalue weighted by atomic mass is 10.0. The highest BCUT2D eigenvalue weighted by atomic mass is 35.5. The fraction of sp³-hybridized carbons (Fsp3) is 0.381. The maximum Gasteiger partial charge on any atom is 0.227 e. The van der Waals surface area contributed by atoms with E-state index >= 15 is 0 Å². The van der Waals surface area contributed by atoms with Crippen LogP contribution in [0.5, 0.6) is 0 Å². The summed E-state index contributed by atoms with van der Waals surface area (Å²) in [5.41, 5.74) is 3.54. The second kappa shape index (κ2) is 8.03. The van der Waals surface area contributed by atoms with Crippen LogP contribution in [0.3, 0.4) is 0 Å². The van der Waals surface area contributed by atoms with E-state index < -0.39 is 0 Å². The molecule has 0 bridgehead atoms. The Morgan fingerprint density at radius 1 is 1.08 bits per heavy atom. The van der Waals surface area contributed by atoms with Crippen LogP contribution in [0.4, 0.5) is 0 Å². The zero-order valence-electron chi connectivity index (χ0n) is 14.9. The molecule has 2 aromatic carbocycles. The van der Waals surface area contributed by atoms with Gasteiger partial charge in [0.05, 0.1) is 6.42 Å². The Morgan fingerprint density at radius 3 is 2.48 bits per heavy atom. The summed E-state index contributed by atoms with van der Waals surface area (Å²) in [6, 6.07) is 16.5. The molecule has 0 saturated carbocycles. The van der Waals surface area contributed by atoms with Crippen molar-refractivity contribution in [3.8, 4) is 0 Å². The van der Waals surface area contributed by atoms with Crippen LogP contribution in [0.25, 0.3) is 0 Å². The minimum Gasteiger partial charge on any atom is -0.340 e. The first-order chi connectivity index (χ1) is 12.0. The third-order valence-corrected chi connectivity index (χ3v) is 5.38. The molecule has 1 heterocycles. The van der Waals surface area contributed by atoms with Crippen molar-refractivity contribution >= 4 is 17.5 Å². The predicted molar refractivity (Wildman–Crippen MR) is 103 cm³/mol. The van der Waals surface area contributed by atoms with Gasteiger partial charge in [0, 0.05) is 37.2 Å². The van der Waals surface area contributed by atoms with Crippen molar-refractivity contribution < 1.29 is 4.79 Å². The van der Waals surface area contributed by atoms with Gasteiger partial charge in [-0.3, -0.25) is 9.69 Å². The molecule has 0 N–H and O–H groups in total. The molecular formula is C21H25ClN2O. The standard InChI is InChI=1S/C21H25ClN2O/c1-16-6-3-4-7-18(16)15-21(25)24-12-10-23(11-13-24)17(2)19-8-5-9-20(22)14-19/h3-9,14,17H,10-13,15H2,1-2H3. The fourth-order valence-electron chi connectivity index (χ4n) is 3.42. The first-order valence-electron chi connectivity index (χ1n) is 8.86. The Morgan fingerprint density at radius 2 is 1.80 bits per heavy atom. The largest absolute Gasteiger partial charge is 0.340 e. The molecular weight excluding hydrogens is 332 g/mol. The topological polar surface area (TPSA) is 23.6 Å². The number of hydrogen-bond acceptors (Lipinski definition) is 2. The summed E-state index contributed by atoms with van der Waals surface area (Å²) < 4.78 is 0. The number of nitrogens with zero attached hydrogens (tertiary/aromatic N) is 2. The second-order valence-electron chi connectivity index (χ2n) is 6.75. The number of piperazine rings is 1. The molecule has 0 aliphatic carbocycles. The molecule has 1 unspecified atom stereocenters. The van der Waals surface area contributed by atoms with Crippen LogP contribution in [0, 0.1) is 6.92 Å². The van der Waals surface area contributed by atoms with Gasteiger partial charge in [-0.25, -0.2) is 0 Å². The lowest BCUT2D eigenvalue weighted by Gasteiger charge is -2.38. The van der Waals surface area contributed by atoms with Crippen LogP contribution in [0.2, 0.25) is 5.02 Å². The average Bonchev–Trinajstić information content (AvgIpc) is 2.63. The van der Waals surface area contributed by atoms with Gasteiger partial charge in [0.2, 0.25) is 5.91 Å². The normalized spacial score (nSPS) is 16.7. The molecule has 1 atom stereocenters. The summed E-state index contributed by atoms with van der Waals surface area (Å²) in [6.07, 6.45) is 0.497. The van der Waals surface area contributed by atoms with E-state index in [0.29, 0.717) is 12.5 Å². The molecule has 3 rings (SSSR count). The van der Waals surface area contributed by atoms with Crippen LogP contribution in [0.1, 0.15) is 29.7 Å². The third kappa shape index (κ3) is 4.42. The van der Waals surface area contributed by atoms with E-state index in [1.54, 1.807) is 0 Å². The van der Waals surface area contributed by atoms with E-state index in [1.807, 2.05) is 41.3 Å². The monoisotopic (exact) mass is 356 g/mol. The van der Waals surface area contributed by atoms with E-state index in [9.17, 15) is 4.79 Å². The van der Waals surface area contributed by atoms with Gasteiger partial charge in [-0.05, 0) is 42.7 Å². The number of carbonyl (C=O) groups is 1. The highest BCUT2D eigenvalue weighted by molar-refractivity contribution is 6.30. The van der Waals surface area contributed by atoms with Crippen LogP contribution < -0.4 is 0 Å². The van der Waals surface area contributed by atoms with Crippen molar-refractivity contribution in [2.45, 2.75) is 26.3 Å². The SMILES string of the molecule is Cc1ccccc1CC(=O)N1CCN(C(C)c2cccc(Cl)c2)CC1. The average molecular weight is 357 g/mol. The van der Waals surface area contributed by atoms with Gasteiger partial charge in [0.15, 0.2) is 0 Å². The van der Waals surface area contributed by atoms with Crippen LogP contribution in [-0.2, 0) is 11.2 Å². The lowest BCUT2D eigenvalue weighted by molar-refractivity contribution is -0.132. The van der Waals surface area contributed by atoms with Crippen LogP contribution in [-0.4, -0.2) is 41.9 Å². The van der Waals surface area contributed by atoms with Crippen molar-refractivity contribution in [3.63, 3.8) is 0 Å². The summed E-state index contributed by atoms with van der Waals surface area (Å²) in [5, 5.41) is 0.774. The number of rotatable bonds is 4. The number of hydrogen-bond donors (Lipinski definition) is 0. The molecule has 25 heavy (non-hydrogen) atoms. The highest BCUT2D eigenvalue weighted by Crippen LogP contribution is 2.24. The number of carbonyl (C=O) groups excluding carboxylic acids is 1. The summed E-state index contributed by atoms with van der Waals surface area (Å²) in [4.78, 5) is 17.0. The summed E-state index contributed by atoms with van der Waals surface area (Å²) in [6.45, 7) is 7.63. The number of amides is 1. The molecule has 4 heteroatoms. The number of halogens is 1. The molecule has 1 aliphatic rings. The van der Waals surface area contributed by atoms with Gasteiger partial charge in [-0.15, -0.1) is 0 Å². The van der Waals surface area contributed by atoms with Gasteiger partial charge < -0.3 is 4.90 Å². The number of aryl methyl sites for hydroxylation is 1. The smallest absolute Gasteiger partial charge is 0.227 e. The van der Waals surface area contributed by atoms with Gasteiger partial charge in [-0.2, -0.15) is 0 Å².